The van der Waals surface area contributed by atoms with Gasteiger partial charge in [-0.25, -0.2) is 5.43 Å². The normalized spacial score (nSPS) is 10.7. The molecule has 27 heavy (non-hydrogen) atoms. The number of rotatable bonds is 5. The molecule has 2 amide bonds. The van der Waals surface area contributed by atoms with Crippen molar-refractivity contribution in [2.45, 2.75) is 6.92 Å². The minimum atomic E-state index is -0.331. The lowest BCUT2D eigenvalue weighted by molar-refractivity contribution is -0.114. The number of nitrogens with one attached hydrogen (secondary N) is 2. The average Bonchev–Trinajstić information content (AvgIpc) is 3.11. The Morgan fingerprint density at radius 1 is 1.04 bits per heavy atom. The van der Waals surface area contributed by atoms with Gasteiger partial charge in [0.25, 0.3) is 5.91 Å². The Hall–Kier alpha value is -3.19. The summed E-state index contributed by atoms with van der Waals surface area (Å²) in [5.74, 6) is -0.493. The van der Waals surface area contributed by atoms with Gasteiger partial charge in [-0.2, -0.15) is 5.10 Å². The largest absolute Gasteiger partial charge is 0.326 e. The second-order valence-corrected chi connectivity index (χ2v) is 6.65. The number of anilines is 1. The molecule has 0 saturated carbocycles. The maximum atomic E-state index is 12.2. The molecule has 2 N–H and O–H groups in total. The lowest BCUT2D eigenvalue weighted by atomic mass is 10.2. The summed E-state index contributed by atoms with van der Waals surface area (Å²) >= 11 is 3.42. The molecular weight excluding hydrogens is 408 g/mol. The number of hydrogen-bond acceptors (Lipinski definition) is 3. The predicted octanol–water partition coefficient (Wildman–Crippen LogP) is 3.96. The first-order chi connectivity index (χ1) is 13.0. The van der Waals surface area contributed by atoms with E-state index >= 15 is 0 Å². The van der Waals surface area contributed by atoms with E-state index in [1.165, 1.54) is 6.92 Å². The van der Waals surface area contributed by atoms with Gasteiger partial charge in [-0.05, 0) is 60.7 Å². The zero-order valence-corrected chi connectivity index (χ0v) is 16.1. The first kappa shape index (κ1) is 18.6. The number of hydrogen-bond donors (Lipinski definition) is 2. The van der Waals surface area contributed by atoms with Gasteiger partial charge in [0, 0.05) is 34.5 Å². The molecule has 3 rings (SSSR count). The highest BCUT2D eigenvalue weighted by molar-refractivity contribution is 9.10. The summed E-state index contributed by atoms with van der Waals surface area (Å²) < 4.78 is 2.97. The summed E-state index contributed by atoms with van der Waals surface area (Å²) in [7, 11) is 0. The average molecular weight is 425 g/mol. The molecule has 0 unspecified atom stereocenters. The lowest BCUT2D eigenvalue weighted by Gasteiger charge is -2.06. The summed E-state index contributed by atoms with van der Waals surface area (Å²) in [6, 6.07) is 18.3. The molecule has 0 spiro atoms. The fourth-order valence-corrected chi connectivity index (χ4v) is 2.73. The van der Waals surface area contributed by atoms with E-state index in [-0.39, 0.29) is 11.8 Å². The Balaban J connectivity index is 1.66. The van der Waals surface area contributed by atoms with Crippen LogP contribution in [0.5, 0.6) is 0 Å². The van der Waals surface area contributed by atoms with E-state index < -0.39 is 0 Å². The molecule has 6 nitrogen and oxygen atoms in total. The van der Waals surface area contributed by atoms with Gasteiger partial charge in [0.05, 0.1) is 11.9 Å². The van der Waals surface area contributed by atoms with Crippen molar-refractivity contribution in [3.8, 4) is 5.69 Å². The Labute approximate surface area is 165 Å². The minimum Gasteiger partial charge on any atom is -0.326 e. The Morgan fingerprint density at radius 3 is 2.41 bits per heavy atom. The lowest BCUT2D eigenvalue weighted by Crippen LogP contribution is -2.18. The van der Waals surface area contributed by atoms with Crippen LogP contribution < -0.4 is 10.7 Å². The first-order valence-electron chi connectivity index (χ1n) is 8.17. The maximum absolute atomic E-state index is 12.2. The molecule has 0 bridgehead atoms. The van der Waals surface area contributed by atoms with Crippen LogP contribution in [0.2, 0.25) is 0 Å². The van der Waals surface area contributed by atoms with Crippen LogP contribution in [0.1, 0.15) is 23.0 Å². The van der Waals surface area contributed by atoms with Crippen molar-refractivity contribution in [3.05, 3.63) is 82.6 Å². The van der Waals surface area contributed by atoms with Crippen molar-refractivity contribution in [1.82, 2.24) is 9.99 Å². The van der Waals surface area contributed by atoms with E-state index in [9.17, 15) is 9.59 Å². The molecule has 0 radical (unpaired) electrons. The van der Waals surface area contributed by atoms with E-state index in [0.29, 0.717) is 11.3 Å². The third-order valence-corrected chi connectivity index (χ3v) is 4.24. The number of hydrazone groups is 1. The van der Waals surface area contributed by atoms with Gasteiger partial charge in [0.2, 0.25) is 5.91 Å². The third kappa shape index (κ3) is 4.92. The minimum absolute atomic E-state index is 0.162. The van der Waals surface area contributed by atoms with Crippen molar-refractivity contribution in [2.24, 2.45) is 5.10 Å². The quantitative estimate of drug-likeness (QED) is 0.480. The van der Waals surface area contributed by atoms with Crippen LogP contribution in [-0.2, 0) is 4.79 Å². The molecule has 0 aliphatic rings. The van der Waals surface area contributed by atoms with Crippen LogP contribution in [0.25, 0.3) is 5.69 Å². The number of carbonyl (C=O) groups is 2. The number of halogens is 1. The van der Waals surface area contributed by atoms with Crippen molar-refractivity contribution in [2.75, 3.05) is 5.32 Å². The fourth-order valence-electron chi connectivity index (χ4n) is 2.47. The Kier molecular flexibility index (Phi) is 5.83. The van der Waals surface area contributed by atoms with Crippen LogP contribution in [0.4, 0.5) is 5.69 Å². The molecular formula is C20H17BrN4O2. The highest BCUT2D eigenvalue weighted by Crippen LogP contribution is 2.16. The summed E-state index contributed by atoms with van der Waals surface area (Å²) in [6.07, 6.45) is 3.51. The Morgan fingerprint density at radius 2 is 1.74 bits per heavy atom. The van der Waals surface area contributed by atoms with Gasteiger partial charge in [-0.1, -0.05) is 15.9 Å². The molecule has 7 heteroatoms. The molecule has 1 heterocycles. The molecule has 1 aromatic heterocycles. The molecule has 0 aliphatic carbocycles. The number of carbonyl (C=O) groups excluding carboxylic acids is 2. The van der Waals surface area contributed by atoms with Crippen LogP contribution in [0.3, 0.4) is 0 Å². The first-order valence-corrected chi connectivity index (χ1v) is 8.96. The number of nitrogens with zero attached hydrogens (tertiary/aromatic N) is 2. The predicted molar refractivity (Wildman–Crippen MR) is 109 cm³/mol. The van der Waals surface area contributed by atoms with E-state index in [1.807, 2.05) is 47.2 Å². The van der Waals surface area contributed by atoms with Crippen molar-refractivity contribution < 1.29 is 9.59 Å². The van der Waals surface area contributed by atoms with Gasteiger partial charge in [-0.15, -0.1) is 0 Å². The van der Waals surface area contributed by atoms with Crippen molar-refractivity contribution in [1.29, 1.82) is 0 Å². The summed E-state index contributed by atoms with van der Waals surface area (Å²) in [5, 5.41) is 6.69. The van der Waals surface area contributed by atoms with Gasteiger partial charge < -0.3 is 9.88 Å². The smallest absolute Gasteiger partial charge is 0.271 e. The van der Waals surface area contributed by atoms with E-state index in [0.717, 1.165) is 15.9 Å². The topological polar surface area (TPSA) is 75.5 Å². The molecule has 0 atom stereocenters. The number of aromatic nitrogens is 1. The van der Waals surface area contributed by atoms with E-state index in [4.69, 9.17) is 0 Å². The van der Waals surface area contributed by atoms with E-state index in [2.05, 4.69) is 31.8 Å². The molecule has 3 aromatic rings. The fraction of sp³-hybridized carbons (Fsp3) is 0.0500. The molecule has 0 aliphatic heterocycles. The monoisotopic (exact) mass is 424 g/mol. The second-order valence-electron chi connectivity index (χ2n) is 5.74. The standard InChI is InChI=1S/C20H17BrN4O2/c1-14(26)23-17-8-4-15(5-9-17)20(27)24-22-13-19-3-2-12-25(19)18-10-6-16(21)7-11-18/h2-13H,1H3,(H,23,26)(H,24,27)/b22-13-. The number of benzene rings is 2. The SMILES string of the molecule is CC(=O)Nc1ccc(C(=O)N/N=C\c2cccn2-c2ccc(Br)cc2)cc1. The maximum Gasteiger partial charge on any atom is 0.271 e. The van der Waals surface area contributed by atoms with Crippen LogP contribution in [0, 0.1) is 0 Å². The van der Waals surface area contributed by atoms with E-state index in [1.54, 1.807) is 30.5 Å². The highest BCUT2D eigenvalue weighted by atomic mass is 79.9. The highest BCUT2D eigenvalue weighted by Gasteiger charge is 2.05. The van der Waals surface area contributed by atoms with Crippen molar-refractivity contribution in [3.63, 3.8) is 0 Å². The van der Waals surface area contributed by atoms with Gasteiger partial charge in [0.1, 0.15) is 0 Å². The third-order valence-electron chi connectivity index (χ3n) is 3.72. The molecule has 2 aromatic carbocycles. The number of amides is 2. The van der Waals surface area contributed by atoms with Crippen molar-refractivity contribution >= 4 is 39.6 Å². The summed E-state index contributed by atoms with van der Waals surface area (Å²) in [4.78, 5) is 23.2. The van der Waals surface area contributed by atoms with Crippen LogP contribution in [-0.4, -0.2) is 22.6 Å². The summed E-state index contributed by atoms with van der Waals surface area (Å²) in [6.45, 7) is 1.43. The molecule has 0 saturated heterocycles. The van der Waals surface area contributed by atoms with Gasteiger partial charge in [0.15, 0.2) is 0 Å². The Bertz CT molecular complexity index is 976. The zero-order valence-electron chi connectivity index (χ0n) is 14.5. The van der Waals surface area contributed by atoms with Crippen LogP contribution in [0.15, 0.2) is 76.4 Å². The second kappa shape index (κ2) is 8.46. The van der Waals surface area contributed by atoms with Gasteiger partial charge in [-0.3, -0.25) is 9.59 Å². The van der Waals surface area contributed by atoms with Crippen LogP contribution >= 0.6 is 15.9 Å². The summed E-state index contributed by atoms with van der Waals surface area (Å²) in [5.41, 5.74) is 5.41. The van der Waals surface area contributed by atoms with Gasteiger partial charge >= 0.3 is 0 Å². The zero-order chi connectivity index (χ0) is 19.2. The molecule has 0 fully saturated rings. The molecule has 136 valence electrons.